The highest BCUT2D eigenvalue weighted by molar-refractivity contribution is 5.95. The molecule has 0 bridgehead atoms. The zero-order chi connectivity index (χ0) is 22.4. The van der Waals surface area contributed by atoms with E-state index >= 15 is 0 Å². The Morgan fingerprint density at radius 3 is 2.42 bits per heavy atom. The average molecular weight is 427 g/mol. The Kier molecular flexibility index (Phi) is 7.15. The van der Waals surface area contributed by atoms with Gasteiger partial charge in [-0.25, -0.2) is 14.5 Å². The summed E-state index contributed by atoms with van der Waals surface area (Å²) in [5, 5.41) is 13.5. The van der Waals surface area contributed by atoms with Gasteiger partial charge in [0.15, 0.2) is 0 Å². The Hall–Kier alpha value is -3.09. The van der Waals surface area contributed by atoms with Crippen LogP contribution in [0.1, 0.15) is 67.1 Å². The van der Waals surface area contributed by atoms with Crippen molar-refractivity contribution in [2.24, 2.45) is 0 Å². The standard InChI is InChI=1S/C24H27F2N3O2/c1-3-5-8-15-29-21(27-23(28-29)24(25,26)4-2)16-17-11-13-18(14-12-17)19-9-6-7-10-20(19)22(30)31/h6-7,9-14H,3-5,8,15-16H2,1-2H3,(H,30,31). The van der Waals surface area contributed by atoms with Crippen LogP contribution in [0.3, 0.4) is 0 Å². The molecule has 1 heterocycles. The molecule has 0 spiro atoms. The SMILES string of the molecule is CCCCCn1nc(C(F)(F)CC)nc1Cc1ccc(-c2ccccc2C(=O)O)cc1. The van der Waals surface area contributed by atoms with Crippen molar-refractivity contribution in [2.45, 2.75) is 58.4 Å². The summed E-state index contributed by atoms with van der Waals surface area (Å²) in [6, 6.07) is 14.3. The first-order valence-corrected chi connectivity index (χ1v) is 10.6. The van der Waals surface area contributed by atoms with Gasteiger partial charge in [0.2, 0.25) is 5.82 Å². The number of alkyl halides is 2. The van der Waals surface area contributed by atoms with Crippen molar-refractivity contribution in [3.63, 3.8) is 0 Å². The van der Waals surface area contributed by atoms with Crippen molar-refractivity contribution in [1.29, 1.82) is 0 Å². The molecule has 3 aromatic rings. The number of aryl methyl sites for hydroxylation is 1. The maximum Gasteiger partial charge on any atom is 0.336 e. The molecule has 0 aliphatic rings. The molecule has 0 aliphatic heterocycles. The van der Waals surface area contributed by atoms with Crippen LogP contribution in [-0.4, -0.2) is 25.8 Å². The molecule has 0 atom stereocenters. The van der Waals surface area contributed by atoms with Crippen LogP contribution in [-0.2, 0) is 18.9 Å². The van der Waals surface area contributed by atoms with E-state index in [0.29, 0.717) is 24.4 Å². The van der Waals surface area contributed by atoms with E-state index in [2.05, 4.69) is 17.0 Å². The van der Waals surface area contributed by atoms with Crippen molar-refractivity contribution in [3.8, 4) is 11.1 Å². The summed E-state index contributed by atoms with van der Waals surface area (Å²) in [7, 11) is 0. The van der Waals surface area contributed by atoms with Gasteiger partial charge in [0.25, 0.3) is 0 Å². The topological polar surface area (TPSA) is 68.0 Å². The first-order valence-electron chi connectivity index (χ1n) is 10.6. The van der Waals surface area contributed by atoms with E-state index in [4.69, 9.17) is 0 Å². The number of hydrogen-bond donors (Lipinski definition) is 1. The predicted octanol–water partition coefficient (Wildman–Crippen LogP) is 5.93. The highest BCUT2D eigenvalue weighted by Crippen LogP contribution is 2.29. The van der Waals surface area contributed by atoms with Gasteiger partial charge in [-0.2, -0.15) is 8.78 Å². The van der Waals surface area contributed by atoms with Gasteiger partial charge in [0.1, 0.15) is 5.82 Å². The van der Waals surface area contributed by atoms with E-state index in [1.54, 1.807) is 28.9 Å². The third-order valence-corrected chi connectivity index (χ3v) is 5.28. The summed E-state index contributed by atoms with van der Waals surface area (Å²) in [5.74, 6) is -3.94. The molecule has 0 aliphatic carbocycles. The zero-order valence-electron chi connectivity index (χ0n) is 17.8. The zero-order valence-corrected chi connectivity index (χ0v) is 17.8. The van der Waals surface area contributed by atoms with Crippen LogP contribution in [0.25, 0.3) is 11.1 Å². The van der Waals surface area contributed by atoms with Crippen molar-refractivity contribution < 1.29 is 18.7 Å². The summed E-state index contributed by atoms with van der Waals surface area (Å²) in [6.45, 7) is 4.06. The average Bonchev–Trinajstić information content (AvgIpc) is 3.18. The lowest BCUT2D eigenvalue weighted by Gasteiger charge is -2.08. The van der Waals surface area contributed by atoms with Crippen molar-refractivity contribution in [2.75, 3.05) is 0 Å². The van der Waals surface area contributed by atoms with E-state index < -0.39 is 17.7 Å². The molecular formula is C24H27F2N3O2. The summed E-state index contributed by atoms with van der Waals surface area (Å²) in [4.78, 5) is 15.6. The fraction of sp³-hybridized carbons (Fsp3) is 0.375. The molecule has 2 aromatic carbocycles. The molecule has 7 heteroatoms. The molecule has 0 saturated heterocycles. The van der Waals surface area contributed by atoms with Crippen LogP contribution in [0.15, 0.2) is 48.5 Å². The third kappa shape index (κ3) is 5.34. The predicted molar refractivity (Wildman–Crippen MR) is 115 cm³/mol. The number of benzene rings is 2. The Morgan fingerprint density at radius 1 is 1.06 bits per heavy atom. The van der Waals surface area contributed by atoms with Gasteiger partial charge >= 0.3 is 11.9 Å². The number of unbranched alkanes of at least 4 members (excludes halogenated alkanes) is 2. The molecule has 0 fully saturated rings. The molecule has 0 unspecified atom stereocenters. The molecule has 31 heavy (non-hydrogen) atoms. The minimum Gasteiger partial charge on any atom is -0.478 e. The Morgan fingerprint density at radius 2 is 1.77 bits per heavy atom. The minimum atomic E-state index is -3.05. The van der Waals surface area contributed by atoms with Crippen LogP contribution in [0.2, 0.25) is 0 Å². The number of hydrogen-bond acceptors (Lipinski definition) is 3. The van der Waals surface area contributed by atoms with Crippen LogP contribution in [0, 0.1) is 0 Å². The summed E-state index contributed by atoms with van der Waals surface area (Å²) in [6.07, 6.45) is 2.91. The van der Waals surface area contributed by atoms with Gasteiger partial charge in [0, 0.05) is 19.4 Å². The second kappa shape index (κ2) is 9.81. The normalized spacial score (nSPS) is 11.6. The molecule has 0 amide bonds. The summed E-state index contributed by atoms with van der Waals surface area (Å²) < 4.78 is 29.9. The van der Waals surface area contributed by atoms with Crippen LogP contribution in [0.4, 0.5) is 8.78 Å². The van der Waals surface area contributed by atoms with E-state index in [0.717, 1.165) is 30.4 Å². The third-order valence-electron chi connectivity index (χ3n) is 5.28. The number of halogens is 2. The van der Waals surface area contributed by atoms with E-state index in [-0.39, 0.29) is 12.0 Å². The molecule has 5 nitrogen and oxygen atoms in total. The number of aromatic carboxylic acids is 1. The highest BCUT2D eigenvalue weighted by atomic mass is 19.3. The lowest BCUT2D eigenvalue weighted by atomic mass is 9.98. The first kappa shape index (κ1) is 22.6. The second-order valence-electron chi connectivity index (χ2n) is 7.56. The molecule has 164 valence electrons. The first-order chi connectivity index (χ1) is 14.9. The number of rotatable bonds is 10. The maximum absolute atomic E-state index is 14.2. The molecule has 0 saturated carbocycles. The van der Waals surface area contributed by atoms with Crippen molar-refractivity contribution in [3.05, 3.63) is 71.3 Å². The number of carboxylic acid groups (broad SMARTS) is 1. The van der Waals surface area contributed by atoms with Crippen molar-refractivity contribution >= 4 is 5.97 Å². The molecule has 3 rings (SSSR count). The van der Waals surface area contributed by atoms with Crippen LogP contribution < -0.4 is 0 Å². The Labute approximate surface area is 180 Å². The summed E-state index contributed by atoms with van der Waals surface area (Å²) >= 11 is 0. The lowest BCUT2D eigenvalue weighted by Crippen LogP contribution is -2.14. The minimum absolute atomic E-state index is 0.234. The molecule has 1 aromatic heterocycles. The summed E-state index contributed by atoms with van der Waals surface area (Å²) in [5.41, 5.74) is 2.54. The number of aromatic nitrogens is 3. The van der Waals surface area contributed by atoms with E-state index in [1.165, 1.54) is 6.92 Å². The van der Waals surface area contributed by atoms with Gasteiger partial charge < -0.3 is 5.11 Å². The number of carbonyl (C=O) groups is 1. The number of carboxylic acids is 1. The van der Waals surface area contributed by atoms with Gasteiger partial charge in [-0.15, -0.1) is 5.10 Å². The van der Waals surface area contributed by atoms with E-state index in [1.807, 2.05) is 24.3 Å². The quantitative estimate of drug-likeness (QED) is 0.408. The maximum atomic E-state index is 14.2. The highest BCUT2D eigenvalue weighted by Gasteiger charge is 2.35. The van der Waals surface area contributed by atoms with Gasteiger partial charge in [-0.1, -0.05) is 69.2 Å². The Bertz CT molecular complexity index is 1030. The Balaban J connectivity index is 1.86. The smallest absolute Gasteiger partial charge is 0.336 e. The van der Waals surface area contributed by atoms with Gasteiger partial charge in [-0.05, 0) is 29.2 Å². The van der Waals surface area contributed by atoms with Gasteiger partial charge in [-0.3, -0.25) is 0 Å². The van der Waals surface area contributed by atoms with Crippen LogP contribution >= 0.6 is 0 Å². The van der Waals surface area contributed by atoms with Gasteiger partial charge in [0.05, 0.1) is 5.56 Å². The molecule has 1 N–H and O–H groups in total. The fourth-order valence-electron chi connectivity index (χ4n) is 3.41. The fourth-order valence-corrected chi connectivity index (χ4v) is 3.41. The molecule has 0 radical (unpaired) electrons. The van der Waals surface area contributed by atoms with Crippen molar-refractivity contribution in [1.82, 2.24) is 14.8 Å². The number of nitrogens with zero attached hydrogens (tertiary/aromatic N) is 3. The monoisotopic (exact) mass is 427 g/mol. The largest absolute Gasteiger partial charge is 0.478 e. The second-order valence-corrected chi connectivity index (χ2v) is 7.56. The molecular weight excluding hydrogens is 400 g/mol. The van der Waals surface area contributed by atoms with E-state index in [9.17, 15) is 18.7 Å². The van der Waals surface area contributed by atoms with Crippen LogP contribution in [0.5, 0.6) is 0 Å². The lowest BCUT2D eigenvalue weighted by molar-refractivity contribution is -0.0177.